The topological polar surface area (TPSA) is 89.7 Å². The fourth-order valence-corrected chi connectivity index (χ4v) is 4.42. The smallest absolute Gasteiger partial charge is 0.278 e. The molecule has 182 valence electrons. The zero-order valence-corrected chi connectivity index (χ0v) is 20.7. The number of pyridine rings is 1. The summed E-state index contributed by atoms with van der Waals surface area (Å²) in [5, 5.41) is 6.70. The highest BCUT2D eigenvalue weighted by molar-refractivity contribution is 5.77. The molecule has 0 fully saturated rings. The summed E-state index contributed by atoms with van der Waals surface area (Å²) in [6.45, 7) is 11.7. The van der Waals surface area contributed by atoms with E-state index in [2.05, 4.69) is 41.4 Å². The highest BCUT2D eigenvalue weighted by atomic mass is 19.1. The minimum atomic E-state index is -0.356. The predicted octanol–water partition coefficient (Wildman–Crippen LogP) is 4.38. The van der Waals surface area contributed by atoms with Crippen molar-refractivity contribution in [1.82, 2.24) is 29.6 Å². The molecule has 1 aliphatic heterocycles. The van der Waals surface area contributed by atoms with Crippen molar-refractivity contribution < 1.29 is 4.39 Å². The van der Waals surface area contributed by atoms with Crippen LogP contribution in [-0.4, -0.2) is 30.9 Å². The van der Waals surface area contributed by atoms with E-state index in [1.165, 1.54) is 6.20 Å². The van der Waals surface area contributed by atoms with Crippen LogP contribution in [0.15, 0.2) is 41.3 Å². The molecule has 0 bridgehead atoms. The number of benzene rings is 1. The molecule has 0 saturated carbocycles. The first-order chi connectivity index (χ1) is 16.6. The standard InChI is InChI=1S/C26H30FN7O/c1-15(2)33-24(35)18-14-29-25(30-20-12-17-13-28-10-9-16(17)11-19(20)27)32-23(18)34(33)22-8-6-7-21(31-22)26(3,4)5/h6-8,11-12,14-15,28H,9-10,13H2,1-5H3,(H,29,30,32). The Kier molecular flexibility index (Phi) is 5.67. The van der Waals surface area contributed by atoms with Crippen LogP contribution in [-0.2, 0) is 18.4 Å². The van der Waals surface area contributed by atoms with Gasteiger partial charge in [0, 0.05) is 29.9 Å². The third-order valence-electron chi connectivity index (χ3n) is 6.25. The molecule has 9 heteroatoms. The Balaban J connectivity index is 1.65. The second kappa shape index (κ2) is 8.57. The molecule has 5 rings (SSSR count). The number of aromatic nitrogens is 5. The highest BCUT2D eigenvalue weighted by Gasteiger charge is 2.22. The van der Waals surface area contributed by atoms with Crippen molar-refractivity contribution in [2.75, 3.05) is 11.9 Å². The van der Waals surface area contributed by atoms with E-state index in [9.17, 15) is 9.18 Å². The molecule has 0 atom stereocenters. The molecule has 1 aliphatic rings. The van der Waals surface area contributed by atoms with Gasteiger partial charge in [0.25, 0.3) is 5.56 Å². The van der Waals surface area contributed by atoms with Crippen LogP contribution in [0.1, 0.15) is 57.5 Å². The zero-order chi connectivity index (χ0) is 24.9. The second-order valence-electron chi connectivity index (χ2n) is 10.3. The van der Waals surface area contributed by atoms with E-state index in [0.717, 1.165) is 29.8 Å². The molecule has 0 saturated heterocycles. The summed E-state index contributed by atoms with van der Waals surface area (Å²) < 4.78 is 18.2. The van der Waals surface area contributed by atoms with Gasteiger partial charge in [-0.3, -0.25) is 4.79 Å². The lowest BCUT2D eigenvalue weighted by atomic mass is 9.92. The van der Waals surface area contributed by atoms with Gasteiger partial charge in [-0.05, 0) is 62.2 Å². The van der Waals surface area contributed by atoms with Gasteiger partial charge in [-0.2, -0.15) is 4.98 Å². The van der Waals surface area contributed by atoms with Gasteiger partial charge in [-0.15, -0.1) is 0 Å². The maximum atomic E-state index is 14.8. The van der Waals surface area contributed by atoms with E-state index in [0.29, 0.717) is 29.1 Å². The lowest BCUT2D eigenvalue weighted by Crippen LogP contribution is -2.25. The van der Waals surface area contributed by atoms with Crippen LogP contribution < -0.4 is 16.2 Å². The monoisotopic (exact) mass is 475 g/mol. The number of nitrogens with zero attached hydrogens (tertiary/aromatic N) is 5. The Morgan fingerprint density at radius 2 is 1.94 bits per heavy atom. The first-order valence-electron chi connectivity index (χ1n) is 11.9. The van der Waals surface area contributed by atoms with Crippen molar-refractivity contribution in [3.8, 4) is 5.82 Å². The Labute approximate surface area is 203 Å². The lowest BCUT2D eigenvalue weighted by Gasteiger charge is -2.20. The fourth-order valence-electron chi connectivity index (χ4n) is 4.42. The van der Waals surface area contributed by atoms with E-state index < -0.39 is 0 Å². The van der Waals surface area contributed by atoms with E-state index >= 15 is 0 Å². The summed E-state index contributed by atoms with van der Waals surface area (Å²) >= 11 is 0. The molecule has 0 radical (unpaired) electrons. The van der Waals surface area contributed by atoms with Crippen molar-refractivity contribution in [1.29, 1.82) is 0 Å². The number of fused-ring (bicyclic) bond motifs is 2. The first kappa shape index (κ1) is 23.2. The number of nitrogens with one attached hydrogen (secondary N) is 2. The van der Waals surface area contributed by atoms with E-state index in [4.69, 9.17) is 4.98 Å². The fraction of sp³-hybridized carbons (Fsp3) is 0.385. The van der Waals surface area contributed by atoms with Crippen LogP contribution in [0.5, 0.6) is 0 Å². The maximum Gasteiger partial charge on any atom is 0.278 e. The third-order valence-corrected chi connectivity index (χ3v) is 6.25. The summed E-state index contributed by atoms with van der Waals surface area (Å²) in [6, 6.07) is 9.00. The molecule has 3 aromatic heterocycles. The predicted molar refractivity (Wildman–Crippen MR) is 135 cm³/mol. The van der Waals surface area contributed by atoms with Crippen LogP contribution in [0.4, 0.5) is 16.0 Å². The first-order valence-corrected chi connectivity index (χ1v) is 11.9. The van der Waals surface area contributed by atoms with Gasteiger partial charge in [-0.25, -0.2) is 23.7 Å². The molecule has 4 aromatic rings. The van der Waals surface area contributed by atoms with Crippen molar-refractivity contribution in [3.05, 3.63) is 69.5 Å². The number of hydrogen-bond acceptors (Lipinski definition) is 6. The molecule has 4 heterocycles. The normalized spacial score (nSPS) is 13.9. The molecule has 2 N–H and O–H groups in total. The lowest BCUT2D eigenvalue weighted by molar-refractivity contribution is 0.469. The number of anilines is 2. The average Bonchev–Trinajstić information content (AvgIpc) is 3.11. The molecule has 1 aromatic carbocycles. The van der Waals surface area contributed by atoms with Crippen LogP contribution in [0.2, 0.25) is 0 Å². The van der Waals surface area contributed by atoms with Gasteiger partial charge in [0.05, 0.1) is 5.69 Å². The Morgan fingerprint density at radius 3 is 2.69 bits per heavy atom. The van der Waals surface area contributed by atoms with Gasteiger partial charge in [0.2, 0.25) is 5.95 Å². The minimum absolute atomic E-state index is 0.140. The second-order valence-corrected chi connectivity index (χ2v) is 10.3. The van der Waals surface area contributed by atoms with E-state index in [1.54, 1.807) is 21.5 Å². The Hall–Kier alpha value is -3.59. The summed E-state index contributed by atoms with van der Waals surface area (Å²) in [7, 11) is 0. The zero-order valence-electron chi connectivity index (χ0n) is 20.7. The summed E-state index contributed by atoms with van der Waals surface area (Å²) in [6.07, 6.45) is 2.29. The number of hydrogen-bond donors (Lipinski definition) is 2. The number of rotatable bonds is 4. The summed E-state index contributed by atoms with van der Waals surface area (Å²) in [5.74, 6) is 0.446. The molecule has 0 aliphatic carbocycles. The van der Waals surface area contributed by atoms with Crippen molar-refractivity contribution in [2.45, 2.75) is 59.0 Å². The Bertz CT molecular complexity index is 1480. The van der Waals surface area contributed by atoms with Gasteiger partial charge >= 0.3 is 0 Å². The van der Waals surface area contributed by atoms with Crippen molar-refractivity contribution in [2.24, 2.45) is 0 Å². The maximum absolute atomic E-state index is 14.8. The van der Waals surface area contributed by atoms with E-state index in [1.807, 2.05) is 32.0 Å². The highest BCUT2D eigenvalue weighted by Crippen LogP contribution is 2.27. The summed E-state index contributed by atoms with van der Waals surface area (Å²) in [5.41, 5.74) is 3.31. The van der Waals surface area contributed by atoms with Crippen LogP contribution in [0, 0.1) is 5.82 Å². The average molecular weight is 476 g/mol. The van der Waals surface area contributed by atoms with Crippen molar-refractivity contribution >= 4 is 22.7 Å². The Morgan fingerprint density at radius 1 is 1.14 bits per heavy atom. The molecule has 8 nitrogen and oxygen atoms in total. The van der Waals surface area contributed by atoms with Crippen LogP contribution in [0.25, 0.3) is 16.9 Å². The quantitative estimate of drug-likeness (QED) is 0.455. The largest absolute Gasteiger partial charge is 0.322 e. The van der Waals surface area contributed by atoms with Crippen molar-refractivity contribution in [3.63, 3.8) is 0 Å². The van der Waals surface area contributed by atoms with Crippen LogP contribution in [0.3, 0.4) is 0 Å². The molecular weight excluding hydrogens is 445 g/mol. The molecule has 0 unspecified atom stereocenters. The van der Waals surface area contributed by atoms with Crippen LogP contribution >= 0.6 is 0 Å². The van der Waals surface area contributed by atoms with Gasteiger partial charge in [0.1, 0.15) is 11.2 Å². The summed E-state index contributed by atoms with van der Waals surface area (Å²) in [4.78, 5) is 27.1. The van der Waals surface area contributed by atoms with Gasteiger partial charge in [-0.1, -0.05) is 26.8 Å². The molecule has 35 heavy (non-hydrogen) atoms. The van der Waals surface area contributed by atoms with E-state index in [-0.39, 0.29) is 28.8 Å². The third kappa shape index (κ3) is 4.20. The SMILES string of the molecule is CC(C)n1c(=O)c2cnc(Nc3cc4c(cc3F)CCNC4)nc2n1-c1cccc(C(C)(C)C)n1. The minimum Gasteiger partial charge on any atom is -0.322 e. The molecule has 0 spiro atoms. The van der Waals surface area contributed by atoms with Gasteiger partial charge in [0.15, 0.2) is 11.5 Å². The number of halogens is 1. The molecule has 0 amide bonds. The molecular formula is C26H30FN7O. The van der Waals surface area contributed by atoms with Gasteiger partial charge < -0.3 is 10.6 Å².